The second-order valence-electron chi connectivity index (χ2n) is 5.59. The topological polar surface area (TPSA) is 45.5 Å². The Bertz CT molecular complexity index is 670. The lowest BCUT2D eigenvalue weighted by Gasteiger charge is -2.21. The van der Waals surface area contributed by atoms with Gasteiger partial charge in [0.2, 0.25) is 5.43 Å². The van der Waals surface area contributed by atoms with Gasteiger partial charge in [-0.3, -0.25) is 9.69 Å². The number of benzene rings is 1. The summed E-state index contributed by atoms with van der Waals surface area (Å²) in [6.45, 7) is 9.46. The molecular formula is C18H24N2O2. The van der Waals surface area contributed by atoms with Crippen molar-refractivity contribution >= 4 is 0 Å². The van der Waals surface area contributed by atoms with E-state index >= 15 is 0 Å². The molecule has 0 fully saturated rings. The van der Waals surface area contributed by atoms with Gasteiger partial charge in [0.15, 0.2) is 5.75 Å². The number of aromatic hydroxyl groups is 1. The molecule has 118 valence electrons. The Morgan fingerprint density at radius 2 is 1.77 bits per heavy atom. The standard InChI is InChI=1S/C18H24N2O2/c1-4-19(5-2)12-16-10-17(21)18(22)13-20(16)11-15-8-6-14(3)7-9-15/h6-10,13,22H,4-5,11-12H2,1-3H3. The van der Waals surface area contributed by atoms with E-state index in [9.17, 15) is 9.90 Å². The van der Waals surface area contributed by atoms with Crippen LogP contribution >= 0.6 is 0 Å². The zero-order chi connectivity index (χ0) is 16.1. The minimum Gasteiger partial charge on any atom is -0.503 e. The number of hydrogen-bond donors (Lipinski definition) is 1. The van der Waals surface area contributed by atoms with Gasteiger partial charge < -0.3 is 9.67 Å². The maximum Gasteiger partial charge on any atom is 0.223 e. The van der Waals surface area contributed by atoms with Crippen molar-refractivity contribution in [1.82, 2.24) is 9.47 Å². The van der Waals surface area contributed by atoms with E-state index in [1.54, 1.807) is 12.3 Å². The SMILES string of the molecule is CCN(CC)Cc1cc(=O)c(O)cn1Cc1ccc(C)cc1. The maximum absolute atomic E-state index is 11.8. The van der Waals surface area contributed by atoms with Crippen molar-refractivity contribution in [2.45, 2.75) is 33.9 Å². The van der Waals surface area contributed by atoms with Gasteiger partial charge in [-0.05, 0) is 25.6 Å². The number of aryl methyl sites for hydroxylation is 1. The van der Waals surface area contributed by atoms with Crippen LogP contribution in [0.15, 0.2) is 41.3 Å². The molecule has 0 aliphatic heterocycles. The van der Waals surface area contributed by atoms with Crippen LogP contribution in [0, 0.1) is 6.92 Å². The first kappa shape index (κ1) is 16.3. The molecule has 1 N–H and O–H groups in total. The van der Waals surface area contributed by atoms with Gasteiger partial charge >= 0.3 is 0 Å². The Morgan fingerprint density at radius 1 is 1.14 bits per heavy atom. The fourth-order valence-electron chi connectivity index (χ4n) is 2.45. The molecule has 4 heteroatoms. The Labute approximate surface area is 131 Å². The second-order valence-corrected chi connectivity index (χ2v) is 5.59. The minimum absolute atomic E-state index is 0.199. The number of pyridine rings is 1. The molecule has 0 saturated carbocycles. The van der Waals surface area contributed by atoms with Crippen LogP contribution < -0.4 is 5.43 Å². The summed E-state index contributed by atoms with van der Waals surface area (Å²) in [5.74, 6) is -0.199. The molecule has 0 aliphatic carbocycles. The molecule has 22 heavy (non-hydrogen) atoms. The average Bonchev–Trinajstić information content (AvgIpc) is 2.51. The summed E-state index contributed by atoms with van der Waals surface area (Å²) in [6.07, 6.45) is 1.54. The first-order valence-electron chi connectivity index (χ1n) is 7.73. The van der Waals surface area contributed by atoms with Gasteiger partial charge in [-0.15, -0.1) is 0 Å². The molecule has 2 aromatic rings. The largest absolute Gasteiger partial charge is 0.503 e. The van der Waals surface area contributed by atoms with E-state index in [4.69, 9.17) is 0 Å². The number of aromatic nitrogens is 1. The Balaban J connectivity index is 2.33. The summed E-state index contributed by atoms with van der Waals surface area (Å²) in [5, 5.41) is 9.75. The lowest BCUT2D eigenvalue weighted by molar-refractivity contribution is 0.286. The van der Waals surface area contributed by atoms with Gasteiger partial charge in [-0.1, -0.05) is 43.7 Å². The summed E-state index contributed by atoms with van der Waals surface area (Å²) in [5.41, 5.74) is 2.97. The van der Waals surface area contributed by atoms with Gasteiger partial charge in [-0.25, -0.2) is 0 Å². The highest BCUT2D eigenvalue weighted by Crippen LogP contribution is 2.12. The minimum atomic E-state index is -0.317. The predicted octanol–water partition coefficient (Wildman–Crippen LogP) is 2.75. The summed E-state index contributed by atoms with van der Waals surface area (Å²) in [6, 6.07) is 9.84. The lowest BCUT2D eigenvalue weighted by atomic mass is 10.1. The monoisotopic (exact) mass is 300 g/mol. The van der Waals surface area contributed by atoms with Gasteiger partial charge in [0.25, 0.3) is 0 Å². The molecule has 2 rings (SSSR count). The van der Waals surface area contributed by atoms with Crippen molar-refractivity contribution < 1.29 is 5.11 Å². The highest BCUT2D eigenvalue weighted by molar-refractivity contribution is 5.25. The second kappa shape index (κ2) is 7.27. The van der Waals surface area contributed by atoms with Gasteiger partial charge in [0.05, 0.1) is 6.20 Å². The van der Waals surface area contributed by atoms with Gasteiger partial charge in [0.1, 0.15) is 0 Å². The molecule has 0 aliphatic rings. The van der Waals surface area contributed by atoms with E-state index in [-0.39, 0.29) is 11.2 Å². The van der Waals surface area contributed by atoms with E-state index < -0.39 is 0 Å². The number of rotatable bonds is 6. The molecule has 0 bridgehead atoms. The van der Waals surface area contributed by atoms with E-state index in [1.807, 2.05) is 4.57 Å². The quantitative estimate of drug-likeness (QED) is 0.892. The van der Waals surface area contributed by atoms with Gasteiger partial charge in [0, 0.05) is 24.8 Å². The third-order valence-corrected chi connectivity index (χ3v) is 3.95. The zero-order valence-corrected chi connectivity index (χ0v) is 13.5. The Kier molecular flexibility index (Phi) is 5.39. The molecule has 4 nitrogen and oxygen atoms in total. The maximum atomic E-state index is 11.8. The molecular weight excluding hydrogens is 276 g/mol. The molecule has 0 radical (unpaired) electrons. The van der Waals surface area contributed by atoms with E-state index in [1.165, 1.54) is 5.56 Å². The van der Waals surface area contributed by atoms with Crippen LogP contribution in [0.1, 0.15) is 30.7 Å². The predicted molar refractivity (Wildman–Crippen MR) is 89.3 cm³/mol. The molecule has 1 aromatic heterocycles. The fourth-order valence-corrected chi connectivity index (χ4v) is 2.45. The van der Waals surface area contributed by atoms with Crippen molar-refractivity contribution in [1.29, 1.82) is 0 Å². The summed E-state index contributed by atoms with van der Waals surface area (Å²) >= 11 is 0. The first-order chi connectivity index (χ1) is 10.5. The van der Waals surface area contributed by atoms with Gasteiger partial charge in [-0.2, -0.15) is 0 Å². The smallest absolute Gasteiger partial charge is 0.223 e. The third-order valence-electron chi connectivity index (χ3n) is 3.95. The van der Waals surface area contributed by atoms with Crippen molar-refractivity contribution in [3.63, 3.8) is 0 Å². The van der Waals surface area contributed by atoms with Crippen LogP contribution in [-0.4, -0.2) is 27.7 Å². The zero-order valence-electron chi connectivity index (χ0n) is 13.5. The lowest BCUT2D eigenvalue weighted by Crippen LogP contribution is -2.26. The van der Waals surface area contributed by atoms with E-state index in [2.05, 4.69) is 49.9 Å². The highest BCUT2D eigenvalue weighted by atomic mass is 16.3. The van der Waals surface area contributed by atoms with Crippen LogP contribution in [0.3, 0.4) is 0 Å². The normalized spacial score (nSPS) is 11.1. The molecule has 0 saturated heterocycles. The van der Waals surface area contributed by atoms with Crippen LogP contribution in [-0.2, 0) is 13.1 Å². The van der Waals surface area contributed by atoms with Crippen molar-refractivity contribution in [2.24, 2.45) is 0 Å². The fraction of sp³-hybridized carbons (Fsp3) is 0.389. The molecule has 1 heterocycles. The Hall–Kier alpha value is -2.07. The summed E-state index contributed by atoms with van der Waals surface area (Å²) in [7, 11) is 0. The molecule has 0 unspecified atom stereocenters. The van der Waals surface area contributed by atoms with Crippen LogP contribution in [0.4, 0.5) is 0 Å². The average molecular weight is 300 g/mol. The van der Waals surface area contributed by atoms with Crippen molar-refractivity contribution in [3.8, 4) is 5.75 Å². The first-order valence-corrected chi connectivity index (χ1v) is 7.73. The molecule has 0 atom stereocenters. The van der Waals surface area contributed by atoms with Crippen molar-refractivity contribution in [2.75, 3.05) is 13.1 Å². The van der Waals surface area contributed by atoms with Crippen LogP contribution in [0.2, 0.25) is 0 Å². The number of nitrogens with zero attached hydrogens (tertiary/aromatic N) is 2. The molecule has 0 amide bonds. The van der Waals surface area contributed by atoms with Crippen LogP contribution in [0.5, 0.6) is 5.75 Å². The number of hydrogen-bond acceptors (Lipinski definition) is 3. The van der Waals surface area contributed by atoms with E-state index in [0.29, 0.717) is 13.1 Å². The summed E-state index contributed by atoms with van der Waals surface area (Å²) < 4.78 is 1.96. The highest BCUT2D eigenvalue weighted by Gasteiger charge is 2.09. The van der Waals surface area contributed by atoms with Crippen molar-refractivity contribution in [3.05, 3.63) is 63.6 Å². The van der Waals surface area contributed by atoms with Crippen LogP contribution in [0.25, 0.3) is 0 Å². The molecule has 1 aromatic carbocycles. The Morgan fingerprint density at radius 3 is 2.36 bits per heavy atom. The third kappa shape index (κ3) is 3.98. The summed E-state index contributed by atoms with van der Waals surface area (Å²) in [4.78, 5) is 14.0. The molecule has 0 spiro atoms. The van der Waals surface area contributed by atoms with E-state index in [0.717, 1.165) is 24.3 Å².